The monoisotopic (exact) mass is 206 g/mol. The van der Waals surface area contributed by atoms with Gasteiger partial charge in [0.05, 0.1) is 0 Å². The van der Waals surface area contributed by atoms with Gasteiger partial charge in [-0.3, -0.25) is 9.22 Å². The molecule has 0 aromatic carbocycles. The molecule has 0 saturated heterocycles. The highest BCUT2D eigenvalue weighted by Crippen LogP contribution is 2.13. The first-order chi connectivity index (χ1) is 7.06. The second-order valence-electron chi connectivity index (χ2n) is 3.55. The van der Waals surface area contributed by atoms with Crippen molar-refractivity contribution in [3.63, 3.8) is 0 Å². The highest BCUT2D eigenvalue weighted by atomic mass is 16.4. The summed E-state index contributed by atoms with van der Waals surface area (Å²) in [7, 11) is 5.11. The van der Waals surface area contributed by atoms with Crippen LogP contribution in [0.2, 0.25) is 0 Å². The van der Waals surface area contributed by atoms with Crippen LogP contribution < -0.4 is 0 Å². The summed E-state index contributed by atoms with van der Waals surface area (Å²) >= 11 is 0. The molecule has 1 aliphatic carbocycles. The molecule has 3 nitrogen and oxygen atoms in total. The smallest absolute Gasteiger partial charge is 0.343 e. The topological polar surface area (TPSA) is 31.6 Å². The fourth-order valence-electron chi connectivity index (χ4n) is 1.30. The second-order valence-corrected chi connectivity index (χ2v) is 3.55. The van der Waals surface area contributed by atoms with E-state index in [1.54, 1.807) is 26.1 Å². The highest BCUT2D eigenvalue weighted by Gasteiger charge is 2.13. The summed E-state index contributed by atoms with van der Waals surface area (Å²) in [5.41, 5.74) is 1.66. The Bertz CT molecular complexity index is 366. The van der Waals surface area contributed by atoms with Gasteiger partial charge in [0.2, 0.25) is 5.91 Å². The fourth-order valence-corrected chi connectivity index (χ4v) is 1.30. The van der Waals surface area contributed by atoms with Gasteiger partial charge in [0, 0.05) is 31.8 Å². The third-order valence-electron chi connectivity index (χ3n) is 2.25. The number of carbonyl (C=O) groups is 1. The predicted molar refractivity (Wildman–Crippen MR) is 60.6 cm³/mol. The average molecular weight is 206 g/mol. The summed E-state index contributed by atoms with van der Waals surface area (Å²) in [4.78, 5) is 13.2. The van der Waals surface area contributed by atoms with Gasteiger partial charge in [-0.15, -0.1) is 0 Å². The molecule has 1 aliphatic rings. The summed E-state index contributed by atoms with van der Waals surface area (Å²) in [6, 6.07) is 0. The van der Waals surface area contributed by atoms with Crippen molar-refractivity contribution < 1.29 is 9.22 Å². The first-order valence-corrected chi connectivity index (χ1v) is 4.76. The third-order valence-corrected chi connectivity index (χ3v) is 2.25. The second kappa shape index (κ2) is 4.73. The number of nitrogens with zero attached hydrogens (tertiary/aromatic N) is 1. The lowest BCUT2D eigenvalue weighted by atomic mass is 10.0. The van der Waals surface area contributed by atoms with E-state index in [4.69, 9.17) is 4.42 Å². The van der Waals surface area contributed by atoms with E-state index in [0.29, 0.717) is 0 Å². The van der Waals surface area contributed by atoms with E-state index in [0.717, 1.165) is 16.9 Å². The van der Waals surface area contributed by atoms with Crippen LogP contribution in [0.15, 0.2) is 35.5 Å². The maximum Gasteiger partial charge on any atom is 0.343 e. The van der Waals surface area contributed by atoms with Gasteiger partial charge in [-0.05, 0) is 24.6 Å². The van der Waals surface area contributed by atoms with Crippen LogP contribution in [0.4, 0.5) is 0 Å². The number of amides is 1. The van der Waals surface area contributed by atoms with Gasteiger partial charge in [-0.2, -0.15) is 0 Å². The Balaban J connectivity index is 2.96. The van der Waals surface area contributed by atoms with E-state index in [-0.39, 0.29) is 5.91 Å². The van der Waals surface area contributed by atoms with Crippen molar-refractivity contribution in [2.75, 3.05) is 21.2 Å². The molecule has 0 unspecified atom stereocenters. The first-order valence-electron chi connectivity index (χ1n) is 4.76. The van der Waals surface area contributed by atoms with Crippen molar-refractivity contribution in [1.29, 1.82) is 0 Å². The molecule has 3 heteroatoms. The summed E-state index contributed by atoms with van der Waals surface area (Å²) in [5.74, 6) is 0.823. The molecule has 15 heavy (non-hydrogen) atoms. The molecular weight excluding hydrogens is 190 g/mol. The van der Waals surface area contributed by atoms with Crippen molar-refractivity contribution in [1.82, 2.24) is 4.90 Å². The summed E-state index contributed by atoms with van der Waals surface area (Å²) in [5, 5.41) is 0. The zero-order valence-electron chi connectivity index (χ0n) is 9.57. The lowest BCUT2D eigenvalue weighted by Crippen LogP contribution is -2.23. The Kier molecular flexibility index (Phi) is 3.61. The molecule has 1 amide bonds. The zero-order valence-corrected chi connectivity index (χ0v) is 9.57. The van der Waals surface area contributed by atoms with Gasteiger partial charge in [0.25, 0.3) is 7.11 Å². The molecule has 0 atom stereocenters. The molecule has 0 aromatic heterocycles. The van der Waals surface area contributed by atoms with E-state index < -0.39 is 0 Å². The van der Waals surface area contributed by atoms with Crippen LogP contribution in [0.25, 0.3) is 0 Å². The Morgan fingerprint density at radius 1 is 1.20 bits per heavy atom. The van der Waals surface area contributed by atoms with Crippen LogP contribution in [0, 0.1) is 0 Å². The Morgan fingerprint density at radius 3 is 2.13 bits per heavy atom. The molecule has 0 aliphatic heterocycles. The number of carbonyl (C=O) groups excluding carboxylic acids is 2. The molecule has 80 valence electrons. The van der Waals surface area contributed by atoms with E-state index in [9.17, 15) is 4.79 Å². The Morgan fingerprint density at radius 2 is 1.73 bits per heavy atom. The van der Waals surface area contributed by atoms with Crippen LogP contribution in [-0.2, 0) is 9.22 Å². The van der Waals surface area contributed by atoms with Gasteiger partial charge < -0.3 is 4.90 Å². The van der Waals surface area contributed by atoms with Gasteiger partial charge in [0.15, 0.2) is 0 Å². The van der Waals surface area contributed by atoms with Gasteiger partial charge >= 0.3 is 5.78 Å². The average Bonchev–Trinajstić information content (AvgIpc) is 2.27. The van der Waals surface area contributed by atoms with Crippen LogP contribution in [0.5, 0.6) is 0 Å². The van der Waals surface area contributed by atoms with Crippen LogP contribution in [-0.4, -0.2) is 37.8 Å². The quantitative estimate of drug-likeness (QED) is 0.469. The standard InChI is InChI=1S/C12H16NO2/c1-9(12(14)13(2)3)10-5-7-11(15-4)8-6-10/h5-8H,1-4H3/q+1. The maximum absolute atomic E-state index is 11.7. The van der Waals surface area contributed by atoms with E-state index in [1.807, 2.05) is 31.2 Å². The minimum atomic E-state index is 0.0279. The maximum atomic E-state index is 11.7. The first kappa shape index (κ1) is 11.4. The molecule has 0 fully saturated rings. The largest absolute Gasteiger partial charge is 0.345 e. The van der Waals surface area contributed by atoms with Gasteiger partial charge in [-0.1, -0.05) is 0 Å². The number of hydrogen-bond donors (Lipinski definition) is 0. The van der Waals surface area contributed by atoms with Gasteiger partial charge in [0.1, 0.15) is 0 Å². The van der Waals surface area contributed by atoms with E-state index in [2.05, 4.69) is 0 Å². The summed E-state index contributed by atoms with van der Waals surface area (Å²) in [6.45, 7) is 1.82. The molecule has 0 radical (unpaired) electrons. The summed E-state index contributed by atoms with van der Waals surface area (Å²) < 4.78 is 5.05. The minimum Gasteiger partial charge on any atom is -0.345 e. The lowest BCUT2D eigenvalue weighted by molar-refractivity contribution is -0.417. The molecule has 0 spiro atoms. The lowest BCUT2D eigenvalue weighted by Gasteiger charge is -2.12. The zero-order chi connectivity index (χ0) is 11.4. The van der Waals surface area contributed by atoms with Crippen molar-refractivity contribution in [2.45, 2.75) is 6.92 Å². The number of rotatable bonds is 1. The molecule has 0 bridgehead atoms. The predicted octanol–water partition coefficient (Wildman–Crippen LogP) is 1.25. The van der Waals surface area contributed by atoms with Crippen molar-refractivity contribution in [3.05, 3.63) is 35.5 Å². The van der Waals surface area contributed by atoms with E-state index >= 15 is 0 Å². The summed E-state index contributed by atoms with van der Waals surface area (Å²) in [6.07, 6.45) is 7.47. The number of ketones is 1. The Labute approximate surface area is 90.1 Å². The fraction of sp³-hybridized carbons (Fsp3) is 0.333. The van der Waals surface area contributed by atoms with Crippen LogP contribution >= 0.6 is 0 Å². The number of hydrogen-bond acceptors (Lipinski definition) is 1. The normalized spacial score (nSPS) is 14.1. The number of likely N-dealkylation sites (N-methyl/N-ethyl adjacent to an activating group) is 1. The SMILES string of the molecule is C[O+]=C1C=CC(=C(C)C(=O)N(C)C)C=C1. The molecule has 0 aromatic rings. The van der Waals surface area contributed by atoms with E-state index in [1.165, 1.54) is 0 Å². The molecule has 0 saturated carbocycles. The highest BCUT2D eigenvalue weighted by molar-refractivity contribution is 6.03. The Hall–Kier alpha value is -1.64. The minimum absolute atomic E-state index is 0.0279. The number of allylic oxidation sites excluding steroid dienone is 5. The van der Waals surface area contributed by atoms with Crippen molar-refractivity contribution in [3.8, 4) is 0 Å². The van der Waals surface area contributed by atoms with Gasteiger partial charge in [-0.25, -0.2) is 0 Å². The molecule has 0 heterocycles. The third kappa shape index (κ3) is 2.65. The van der Waals surface area contributed by atoms with Crippen molar-refractivity contribution in [2.24, 2.45) is 0 Å². The molecule has 0 N–H and O–H groups in total. The van der Waals surface area contributed by atoms with Crippen molar-refractivity contribution >= 4 is 11.7 Å². The van der Waals surface area contributed by atoms with Crippen LogP contribution in [0.1, 0.15) is 6.92 Å². The molecular formula is C12H16NO2+. The molecule has 1 rings (SSSR count). The van der Waals surface area contributed by atoms with Crippen LogP contribution in [0.3, 0.4) is 0 Å².